The molecule has 1 amide bonds. The molecule has 0 unspecified atom stereocenters. The molecule has 50 heavy (non-hydrogen) atoms. The van der Waals surface area contributed by atoms with E-state index in [0.29, 0.717) is 49.1 Å². The molecule has 254 valence electrons. The van der Waals surface area contributed by atoms with Crippen molar-refractivity contribution in [2.45, 2.75) is 63.7 Å². The number of benzene rings is 4. The van der Waals surface area contributed by atoms with Gasteiger partial charge in [-0.1, -0.05) is 37.5 Å². The van der Waals surface area contributed by atoms with Gasteiger partial charge in [-0.2, -0.15) is 5.21 Å². The van der Waals surface area contributed by atoms with Gasteiger partial charge in [0.2, 0.25) is 5.82 Å². The van der Waals surface area contributed by atoms with Crippen molar-refractivity contribution in [1.29, 1.82) is 0 Å². The predicted molar refractivity (Wildman–Crippen MR) is 189 cm³/mol. The number of hydrogen-bond acceptors (Lipinski definition) is 8. The Morgan fingerprint density at radius 1 is 0.860 bits per heavy atom. The zero-order chi connectivity index (χ0) is 34.0. The number of ether oxygens (including phenoxy) is 1. The number of tetrazole rings is 1. The number of nitrogens with one attached hydrogen (secondary N) is 1. The highest BCUT2D eigenvalue weighted by Crippen LogP contribution is 2.37. The smallest absolute Gasteiger partial charge is 0.253 e. The average Bonchev–Trinajstić information content (AvgIpc) is 3.83. The van der Waals surface area contributed by atoms with Gasteiger partial charge >= 0.3 is 0 Å². The number of phenols is 1. The molecule has 0 bridgehead atoms. The lowest BCUT2D eigenvalue weighted by atomic mass is 9.94. The monoisotopic (exact) mass is 669 g/mol. The molecule has 1 saturated carbocycles. The zero-order valence-corrected chi connectivity index (χ0v) is 27.7. The van der Waals surface area contributed by atoms with E-state index in [1.807, 2.05) is 48.5 Å². The number of aromatic hydroxyl groups is 1. The number of H-pyrrole nitrogens is 1. The largest absolute Gasteiger partial charge is 0.508 e. The standard InChI is InChI=1S/C39H39N7O4/c47-31-17-19-45(20-18-31)39(49)28-11-15-34(26-5-4-8-32(48)22-26)29(21-28)24-50-33-13-9-25(10-14-33)38-40-35-23-27(37-41-43-44-42-37)12-16-36(35)46(38)30-6-2-1-3-7-30/h4-5,8-16,21-23,30-31,47-48H,1-3,6-7,17-20,24H2,(H,41,42,43,44). The van der Waals surface area contributed by atoms with Gasteiger partial charge in [0.25, 0.3) is 5.91 Å². The number of rotatable bonds is 8. The van der Waals surface area contributed by atoms with Gasteiger partial charge in [0.05, 0.1) is 17.1 Å². The number of carbonyl (C=O) groups is 1. The number of carbonyl (C=O) groups excluding carboxylic acids is 1. The number of aromatic amines is 1. The minimum absolute atomic E-state index is 0.0600. The molecule has 2 aromatic heterocycles. The Morgan fingerprint density at radius 2 is 1.66 bits per heavy atom. The van der Waals surface area contributed by atoms with Gasteiger partial charge < -0.3 is 24.4 Å². The van der Waals surface area contributed by atoms with Crippen molar-refractivity contribution in [3.8, 4) is 45.4 Å². The zero-order valence-electron chi connectivity index (χ0n) is 27.7. The summed E-state index contributed by atoms with van der Waals surface area (Å²) in [7, 11) is 0. The number of hydrogen-bond donors (Lipinski definition) is 3. The second-order valence-electron chi connectivity index (χ2n) is 13.3. The molecule has 2 aliphatic rings. The molecule has 11 nitrogen and oxygen atoms in total. The summed E-state index contributed by atoms with van der Waals surface area (Å²) >= 11 is 0. The van der Waals surface area contributed by atoms with Crippen molar-refractivity contribution < 1.29 is 19.7 Å². The third-order valence-electron chi connectivity index (χ3n) is 10.0. The second kappa shape index (κ2) is 13.8. The SMILES string of the molecule is O=C(c1ccc(-c2cccc(O)c2)c(COc2ccc(-c3nc4cc(-c5nn[nH]n5)ccc4n3C3CCCCC3)cc2)c1)N1CCC(O)CC1. The van der Waals surface area contributed by atoms with E-state index in [1.165, 1.54) is 19.3 Å². The second-order valence-corrected chi connectivity index (χ2v) is 13.3. The molecule has 0 spiro atoms. The maximum Gasteiger partial charge on any atom is 0.253 e. The molecule has 0 atom stereocenters. The quantitative estimate of drug-likeness (QED) is 0.158. The van der Waals surface area contributed by atoms with Crippen LogP contribution >= 0.6 is 0 Å². The molecule has 3 N–H and O–H groups in total. The highest BCUT2D eigenvalue weighted by Gasteiger charge is 2.25. The van der Waals surface area contributed by atoms with Crippen molar-refractivity contribution in [2.24, 2.45) is 0 Å². The van der Waals surface area contributed by atoms with Crippen LogP contribution in [-0.4, -0.2) is 70.4 Å². The highest BCUT2D eigenvalue weighted by atomic mass is 16.5. The summed E-state index contributed by atoms with van der Waals surface area (Å²) in [5.74, 6) is 2.26. The summed E-state index contributed by atoms with van der Waals surface area (Å²) in [4.78, 5) is 20.4. The van der Waals surface area contributed by atoms with Crippen LogP contribution in [0.1, 0.15) is 66.9 Å². The average molecular weight is 670 g/mol. The van der Waals surface area contributed by atoms with E-state index in [-0.39, 0.29) is 24.4 Å². The van der Waals surface area contributed by atoms with Gasteiger partial charge in [-0.05, 0) is 114 Å². The number of phenolic OH excluding ortho intramolecular Hbond substituents is 1. The maximum atomic E-state index is 13.4. The van der Waals surface area contributed by atoms with Crippen molar-refractivity contribution in [3.63, 3.8) is 0 Å². The minimum Gasteiger partial charge on any atom is -0.508 e. The lowest BCUT2D eigenvalue weighted by Crippen LogP contribution is -2.40. The Labute approximate surface area is 289 Å². The van der Waals surface area contributed by atoms with Crippen LogP contribution < -0.4 is 4.74 Å². The molecule has 8 rings (SSSR count). The number of aliphatic hydroxyl groups excluding tert-OH is 1. The molecule has 6 aromatic rings. The van der Waals surface area contributed by atoms with Crippen molar-refractivity contribution in [1.82, 2.24) is 35.1 Å². The fourth-order valence-corrected chi connectivity index (χ4v) is 7.35. The summed E-state index contributed by atoms with van der Waals surface area (Å²) in [6, 6.07) is 27.3. The molecule has 1 aliphatic carbocycles. The van der Waals surface area contributed by atoms with Crippen LogP contribution in [0, 0.1) is 0 Å². The maximum absolute atomic E-state index is 13.4. The summed E-state index contributed by atoms with van der Waals surface area (Å²) < 4.78 is 8.76. The van der Waals surface area contributed by atoms with Gasteiger partial charge in [-0.25, -0.2) is 4.98 Å². The Kier molecular flexibility index (Phi) is 8.72. The van der Waals surface area contributed by atoms with Crippen LogP contribution in [0.15, 0.2) is 84.9 Å². The number of likely N-dealkylation sites (tertiary alicyclic amines) is 1. The van der Waals surface area contributed by atoms with Crippen LogP contribution in [-0.2, 0) is 6.61 Å². The van der Waals surface area contributed by atoms with Crippen molar-refractivity contribution in [2.75, 3.05) is 13.1 Å². The number of aromatic nitrogens is 6. The minimum atomic E-state index is -0.357. The normalized spacial score (nSPS) is 15.8. The van der Waals surface area contributed by atoms with E-state index in [0.717, 1.165) is 57.5 Å². The van der Waals surface area contributed by atoms with E-state index < -0.39 is 0 Å². The third kappa shape index (κ3) is 6.44. The lowest BCUT2D eigenvalue weighted by molar-refractivity contribution is 0.0546. The number of imidazole rings is 1. The number of amides is 1. The highest BCUT2D eigenvalue weighted by molar-refractivity contribution is 5.95. The van der Waals surface area contributed by atoms with Gasteiger partial charge in [-0.3, -0.25) is 4.79 Å². The first-order chi connectivity index (χ1) is 24.5. The van der Waals surface area contributed by atoms with Gasteiger partial charge in [0.1, 0.15) is 23.9 Å². The Hall–Kier alpha value is -5.55. The van der Waals surface area contributed by atoms with Crippen LogP contribution in [0.5, 0.6) is 11.5 Å². The molecule has 4 aromatic carbocycles. The first-order valence-electron chi connectivity index (χ1n) is 17.4. The van der Waals surface area contributed by atoms with E-state index in [1.54, 1.807) is 23.1 Å². The van der Waals surface area contributed by atoms with Crippen LogP contribution in [0.25, 0.3) is 44.9 Å². The molecular weight excluding hydrogens is 630 g/mol. The molecule has 1 saturated heterocycles. The first-order valence-corrected chi connectivity index (χ1v) is 17.4. The van der Waals surface area contributed by atoms with Gasteiger partial charge in [0.15, 0.2) is 0 Å². The summed E-state index contributed by atoms with van der Waals surface area (Å²) in [6.07, 6.45) is 6.72. The Balaban J connectivity index is 1.08. The molecular formula is C39H39N7O4. The predicted octanol–water partition coefficient (Wildman–Crippen LogP) is 6.94. The first kappa shape index (κ1) is 31.7. The fraction of sp³-hybridized carbons (Fsp3) is 0.308. The number of piperidine rings is 1. The van der Waals surface area contributed by atoms with Crippen molar-refractivity contribution >= 4 is 16.9 Å². The van der Waals surface area contributed by atoms with E-state index >= 15 is 0 Å². The Morgan fingerprint density at radius 3 is 2.42 bits per heavy atom. The van der Waals surface area contributed by atoms with Crippen LogP contribution in [0.3, 0.4) is 0 Å². The fourth-order valence-electron chi connectivity index (χ4n) is 7.35. The van der Waals surface area contributed by atoms with Gasteiger partial charge in [0, 0.05) is 35.8 Å². The molecule has 3 heterocycles. The van der Waals surface area contributed by atoms with Crippen LogP contribution in [0.4, 0.5) is 0 Å². The molecule has 0 radical (unpaired) electrons. The molecule has 11 heteroatoms. The number of fused-ring (bicyclic) bond motifs is 1. The Bertz CT molecular complexity index is 2110. The molecule has 1 aliphatic heterocycles. The topological polar surface area (TPSA) is 142 Å². The number of nitrogens with zero attached hydrogens (tertiary/aromatic N) is 6. The summed E-state index contributed by atoms with van der Waals surface area (Å²) in [5.41, 5.74) is 6.97. The summed E-state index contributed by atoms with van der Waals surface area (Å²) in [5, 5.41) is 34.7. The summed E-state index contributed by atoms with van der Waals surface area (Å²) in [6.45, 7) is 1.28. The van der Waals surface area contributed by atoms with Crippen LogP contribution in [0.2, 0.25) is 0 Å². The third-order valence-corrected chi connectivity index (χ3v) is 10.0. The number of aliphatic hydroxyl groups is 1. The van der Waals surface area contributed by atoms with E-state index in [2.05, 4.69) is 43.4 Å². The van der Waals surface area contributed by atoms with Crippen molar-refractivity contribution in [3.05, 3.63) is 96.1 Å². The van der Waals surface area contributed by atoms with Gasteiger partial charge in [-0.15, -0.1) is 10.2 Å². The molecule has 2 fully saturated rings. The lowest BCUT2D eigenvalue weighted by Gasteiger charge is -2.29. The van der Waals surface area contributed by atoms with E-state index in [4.69, 9.17) is 9.72 Å². The van der Waals surface area contributed by atoms with E-state index in [9.17, 15) is 15.0 Å².